The Kier molecular flexibility index (Phi) is 4.11. The number of nitrogens with one attached hydrogen (secondary N) is 2. The highest BCUT2D eigenvalue weighted by atomic mass is 35.5. The van der Waals surface area contributed by atoms with Crippen LogP contribution >= 0.6 is 11.6 Å². The third-order valence-electron chi connectivity index (χ3n) is 5.24. The molecule has 0 saturated carbocycles. The average molecular weight is 370 g/mol. The minimum atomic E-state index is -0.506. The van der Waals surface area contributed by atoms with Crippen LogP contribution in [0.3, 0.4) is 0 Å². The highest BCUT2D eigenvalue weighted by molar-refractivity contribution is 6.33. The molecule has 6 heteroatoms. The van der Waals surface area contributed by atoms with Gasteiger partial charge in [-0.2, -0.15) is 0 Å². The Labute approximate surface area is 157 Å². The van der Waals surface area contributed by atoms with E-state index in [1.165, 1.54) is 0 Å². The number of aryl methyl sites for hydroxylation is 1. The van der Waals surface area contributed by atoms with Crippen LogP contribution in [0.25, 0.3) is 0 Å². The first kappa shape index (κ1) is 16.9. The maximum atomic E-state index is 12.7. The zero-order valence-electron chi connectivity index (χ0n) is 14.5. The van der Waals surface area contributed by atoms with Crippen molar-refractivity contribution in [3.8, 4) is 0 Å². The molecule has 1 fully saturated rings. The quantitative estimate of drug-likeness (QED) is 0.809. The van der Waals surface area contributed by atoms with Crippen LogP contribution in [0.2, 0.25) is 5.02 Å². The number of carbonyl (C=O) groups excluding carboxylic acids is 2. The smallest absolute Gasteiger partial charge is 0.255 e. The largest absolute Gasteiger partial charge is 0.362 e. The molecule has 26 heavy (non-hydrogen) atoms. The highest BCUT2D eigenvalue weighted by Crippen LogP contribution is 2.33. The van der Waals surface area contributed by atoms with Gasteiger partial charge >= 0.3 is 0 Å². The third-order valence-corrected chi connectivity index (χ3v) is 5.57. The van der Waals surface area contributed by atoms with E-state index >= 15 is 0 Å². The average Bonchev–Trinajstić information content (AvgIpc) is 2.63. The van der Waals surface area contributed by atoms with Gasteiger partial charge in [-0.15, -0.1) is 0 Å². The fourth-order valence-electron chi connectivity index (χ4n) is 3.72. The van der Waals surface area contributed by atoms with Gasteiger partial charge in [0.1, 0.15) is 5.66 Å². The van der Waals surface area contributed by atoms with Crippen molar-refractivity contribution in [1.29, 1.82) is 0 Å². The van der Waals surface area contributed by atoms with Gasteiger partial charge in [0, 0.05) is 25.9 Å². The molecule has 134 valence electrons. The number of hydrogen-bond donors (Lipinski definition) is 2. The standard InChI is InChI=1S/C20H20ClN3O2/c1-13-5-4-7-15-17(13)22-20(23-18(15)25)9-11-24(12-10-20)19(26)14-6-2-3-8-16(14)21/h2-8,22H,9-12H2,1H3,(H,23,25). The lowest BCUT2D eigenvalue weighted by Crippen LogP contribution is -2.62. The van der Waals surface area contributed by atoms with Crippen molar-refractivity contribution in [1.82, 2.24) is 10.2 Å². The Morgan fingerprint density at radius 1 is 1.08 bits per heavy atom. The van der Waals surface area contributed by atoms with Crippen molar-refractivity contribution in [2.45, 2.75) is 25.4 Å². The molecule has 2 aliphatic heterocycles. The fraction of sp³-hybridized carbons (Fsp3) is 0.300. The lowest BCUT2D eigenvalue weighted by molar-refractivity contribution is 0.0639. The molecule has 2 aliphatic rings. The predicted molar refractivity (Wildman–Crippen MR) is 102 cm³/mol. The van der Waals surface area contributed by atoms with E-state index in [0.717, 1.165) is 11.3 Å². The second kappa shape index (κ2) is 6.32. The van der Waals surface area contributed by atoms with Crippen molar-refractivity contribution < 1.29 is 9.59 Å². The Hall–Kier alpha value is -2.53. The first-order chi connectivity index (χ1) is 12.5. The number of piperidine rings is 1. The molecule has 1 spiro atoms. The number of fused-ring (bicyclic) bond motifs is 1. The Bertz CT molecular complexity index is 888. The monoisotopic (exact) mass is 369 g/mol. The van der Waals surface area contributed by atoms with Crippen LogP contribution in [0.1, 0.15) is 39.1 Å². The number of nitrogens with zero attached hydrogens (tertiary/aromatic N) is 1. The molecule has 1 saturated heterocycles. The van der Waals surface area contributed by atoms with Crippen molar-refractivity contribution in [3.63, 3.8) is 0 Å². The summed E-state index contributed by atoms with van der Waals surface area (Å²) < 4.78 is 0. The van der Waals surface area contributed by atoms with Gasteiger partial charge in [0.15, 0.2) is 0 Å². The van der Waals surface area contributed by atoms with Crippen LogP contribution in [0.5, 0.6) is 0 Å². The molecule has 2 N–H and O–H groups in total. The summed E-state index contributed by atoms with van der Waals surface area (Å²) in [6.45, 7) is 3.10. The van der Waals surface area contributed by atoms with Crippen molar-refractivity contribution in [3.05, 3.63) is 64.2 Å². The van der Waals surface area contributed by atoms with E-state index in [4.69, 9.17) is 11.6 Å². The third kappa shape index (κ3) is 2.82. The van der Waals surface area contributed by atoms with Gasteiger partial charge in [0.05, 0.1) is 21.8 Å². The van der Waals surface area contributed by atoms with E-state index in [0.29, 0.717) is 42.1 Å². The number of halogens is 1. The van der Waals surface area contributed by atoms with E-state index in [2.05, 4.69) is 10.6 Å². The molecule has 0 radical (unpaired) electrons. The van der Waals surface area contributed by atoms with Gasteiger partial charge in [0.25, 0.3) is 11.8 Å². The van der Waals surface area contributed by atoms with Crippen molar-refractivity contribution in [2.75, 3.05) is 18.4 Å². The molecule has 2 aromatic carbocycles. The molecule has 0 aliphatic carbocycles. The molecule has 2 heterocycles. The maximum absolute atomic E-state index is 12.7. The molecular formula is C20H20ClN3O2. The van der Waals surface area contributed by atoms with Gasteiger partial charge in [-0.05, 0) is 30.7 Å². The lowest BCUT2D eigenvalue weighted by atomic mass is 9.91. The molecule has 0 atom stereocenters. The molecule has 0 bridgehead atoms. The van der Waals surface area contributed by atoms with E-state index in [1.54, 1.807) is 17.0 Å². The maximum Gasteiger partial charge on any atom is 0.255 e. The molecule has 5 nitrogen and oxygen atoms in total. The van der Waals surface area contributed by atoms with E-state index in [9.17, 15) is 9.59 Å². The summed E-state index contributed by atoms with van der Waals surface area (Å²) in [6, 6.07) is 12.8. The fourth-order valence-corrected chi connectivity index (χ4v) is 3.94. The molecule has 2 aromatic rings. The van der Waals surface area contributed by atoms with E-state index in [1.807, 2.05) is 37.3 Å². The van der Waals surface area contributed by atoms with Gasteiger partial charge in [0.2, 0.25) is 0 Å². The van der Waals surface area contributed by atoms with Gasteiger partial charge < -0.3 is 15.5 Å². The van der Waals surface area contributed by atoms with Gasteiger partial charge in [-0.1, -0.05) is 35.9 Å². The summed E-state index contributed by atoms with van der Waals surface area (Å²) in [5.74, 6) is -0.127. The summed E-state index contributed by atoms with van der Waals surface area (Å²) >= 11 is 6.16. The summed E-state index contributed by atoms with van der Waals surface area (Å²) in [6.07, 6.45) is 1.28. The van der Waals surface area contributed by atoms with Crippen LogP contribution < -0.4 is 10.6 Å². The van der Waals surface area contributed by atoms with Crippen LogP contribution in [-0.2, 0) is 0 Å². The zero-order chi connectivity index (χ0) is 18.3. The van der Waals surface area contributed by atoms with E-state index in [-0.39, 0.29) is 11.8 Å². The zero-order valence-corrected chi connectivity index (χ0v) is 15.3. The first-order valence-electron chi connectivity index (χ1n) is 8.73. The molecule has 4 rings (SSSR count). The molecule has 0 aromatic heterocycles. The summed E-state index contributed by atoms with van der Waals surface area (Å²) in [5.41, 5.74) is 2.62. The second-order valence-electron chi connectivity index (χ2n) is 6.93. The minimum absolute atomic E-state index is 0.0617. The minimum Gasteiger partial charge on any atom is -0.362 e. The van der Waals surface area contributed by atoms with Gasteiger partial charge in [-0.25, -0.2) is 0 Å². The van der Waals surface area contributed by atoms with E-state index < -0.39 is 5.66 Å². The number of benzene rings is 2. The Morgan fingerprint density at radius 2 is 1.81 bits per heavy atom. The highest BCUT2D eigenvalue weighted by Gasteiger charge is 2.41. The lowest BCUT2D eigenvalue weighted by Gasteiger charge is -2.46. The number of amides is 2. The number of rotatable bonds is 1. The number of carbonyl (C=O) groups is 2. The molecular weight excluding hydrogens is 350 g/mol. The van der Waals surface area contributed by atoms with Crippen LogP contribution in [-0.4, -0.2) is 35.5 Å². The topological polar surface area (TPSA) is 61.4 Å². The SMILES string of the molecule is Cc1cccc2c1NC1(CCN(C(=O)c3ccccc3Cl)CC1)NC2=O. The normalized spacial score (nSPS) is 18.1. The number of likely N-dealkylation sites (tertiary alicyclic amines) is 1. The predicted octanol–water partition coefficient (Wildman–Crippen LogP) is 3.44. The second-order valence-corrected chi connectivity index (χ2v) is 7.34. The molecule has 0 unspecified atom stereocenters. The summed E-state index contributed by atoms with van der Waals surface area (Å²) in [5, 5.41) is 7.10. The Balaban J connectivity index is 1.52. The summed E-state index contributed by atoms with van der Waals surface area (Å²) in [7, 11) is 0. The van der Waals surface area contributed by atoms with Crippen molar-refractivity contribution >= 4 is 29.1 Å². The summed E-state index contributed by atoms with van der Waals surface area (Å²) in [4.78, 5) is 27.1. The van der Waals surface area contributed by atoms with Crippen LogP contribution in [0, 0.1) is 6.92 Å². The van der Waals surface area contributed by atoms with Gasteiger partial charge in [-0.3, -0.25) is 9.59 Å². The van der Waals surface area contributed by atoms with Crippen LogP contribution in [0.15, 0.2) is 42.5 Å². The first-order valence-corrected chi connectivity index (χ1v) is 9.11. The van der Waals surface area contributed by atoms with Crippen LogP contribution in [0.4, 0.5) is 5.69 Å². The van der Waals surface area contributed by atoms with Crippen molar-refractivity contribution in [2.24, 2.45) is 0 Å². The molecule has 2 amide bonds. The number of para-hydroxylation sites is 1. The number of anilines is 1. The number of hydrogen-bond acceptors (Lipinski definition) is 3. The Morgan fingerprint density at radius 3 is 2.54 bits per heavy atom.